The topological polar surface area (TPSA) is 74.3 Å². The van der Waals surface area contributed by atoms with Crippen LogP contribution in [0.5, 0.6) is 0 Å². The lowest BCUT2D eigenvalue weighted by molar-refractivity contribution is -0.121. The average molecular weight is 283 g/mol. The predicted octanol–water partition coefficient (Wildman–Crippen LogP) is 0.739. The van der Waals surface area contributed by atoms with Gasteiger partial charge in [0, 0.05) is 26.3 Å². The smallest absolute Gasteiger partial charge is 0.256 e. The number of amides is 2. The molecule has 2 rings (SSSR count). The van der Waals surface area contributed by atoms with Crippen LogP contribution in [0.1, 0.15) is 16.8 Å². The molecule has 0 bridgehead atoms. The van der Waals surface area contributed by atoms with E-state index in [-0.39, 0.29) is 23.4 Å². The number of rotatable bonds is 2. The van der Waals surface area contributed by atoms with Crippen molar-refractivity contribution in [3.8, 4) is 0 Å². The average Bonchev–Trinajstić information content (AvgIpc) is 2.63. The largest absolute Gasteiger partial charge is 0.373 e. The molecule has 0 spiro atoms. The maximum atomic E-state index is 12.4. The van der Waals surface area contributed by atoms with Crippen LogP contribution in [0.15, 0.2) is 12.3 Å². The van der Waals surface area contributed by atoms with E-state index in [0.717, 1.165) is 6.42 Å². The van der Waals surface area contributed by atoms with E-state index in [1.54, 1.807) is 13.1 Å². The summed E-state index contributed by atoms with van der Waals surface area (Å²) in [6.07, 6.45) is 2.16. The summed E-state index contributed by atoms with van der Waals surface area (Å²) in [4.78, 5) is 29.4. The van der Waals surface area contributed by atoms with Crippen LogP contribution in [-0.2, 0) is 4.79 Å². The van der Waals surface area contributed by atoms with Gasteiger partial charge in [0.2, 0.25) is 5.91 Å². The van der Waals surface area contributed by atoms with Crippen molar-refractivity contribution in [2.24, 2.45) is 0 Å². The van der Waals surface area contributed by atoms with E-state index in [2.05, 4.69) is 15.6 Å². The molecule has 7 heteroatoms. The van der Waals surface area contributed by atoms with Crippen LogP contribution in [0, 0.1) is 0 Å². The Kier molecular flexibility index (Phi) is 4.21. The molecule has 2 N–H and O–H groups in total. The van der Waals surface area contributed by atoms with Crippen LogP contribution in [0.2, 0.25) is 5.02 Å². The van der Waals surface area contributed by atoms with E-state index in [0.29, 0.717) is 24.5 Å². The number of aromatic nitrogens is 1. The number of anilines is 1. The van der Waals surface area contributed by atoms with Crippen LogP contribution in [0.4, 0.5) is 5.82 Å². The molecule has 2 amide bonds. The van der Waals surface area contributed by atoms with Gasteiger partial charge in [0.25, 0.3) is 5.91 Å². The first-order valence-electron chi connectivity index (χ1n) is 6.01. The molecular formula is C12H15ClN4O2. The highest BCUT2D eigenvalue weighted by atomic mass is 35.5. The van der Waals surface area contributed by atoms with Gasteiger partial charge in [0.15, 0.2) is 0 Å². The minimum atomic E-state index is -0.249. The van der Waals surface area contributed by atoms with E-state index in [1.807, 2.05) is 0 Å². The zero-order valence-corrected chi connectivity index (χ0v) is 11.3. The molecule has 1 aromatic heterocycles. The summed E-state index contributed by atoms with van der Waals surface area (Å²) in [5.41, 5.74) is 0.357. The second-order valence-electron chi connectivity index (χ2n) is 4.23. The fraction of sp³-hybridized carbons (Fsp3) is 0.417. The number of nitrogens with one attached hydrogen (secondary N) is 2. The Bertz CT molecular complexity index is 507. The van der Waals surface area contributed by atoms with Crippen LogP contribution in [-0.4, -0.2) is 48.4 Å². The number of pyridine rings is 1. The number of hydrogen-bond acceptors (Lipinski definition) is 4. The highest BCUT2D eigenvalue weighted by Crippen LogP contribution is 2.20. The Labute approximate surface area is 116 Å². The van der Waals surface area contributed by atoms with Gasteiger partial charge < -0.3 is 15.5 Å². The summed E-state index contributed by atoms with van der Waals surface area (Å²) in [6, 6.07) is 1.59. The van der Waals surface area contributed by atoms with Crippen molar-refractivity contribution in [3.63, 3.8) is 0 Å². The molecule has 1 aliphatic heterocycles. The number of hydrogen-bond donors (Lipinski definition) is 2. The highest BCUT2D eigenvalue weighted by Gasteiger charge is 2.23. The maximum Gasteiger partial charge on any atom is 0.256 e. The maximum absolute atomic E-state index is 12.4. The lowest BCUT2D eigenvalue weighted by Gasteiger charge is -2.19. The number of halogens is 1. The molecule has 102 valence electrons. The first-order valence-corrected chi connectivity index (χ1v) is 6.39. The molecule has 0 atom stereocenters. The molecule has 1 aromatic rings. The molecule has 6 nitrogen and oxygen atoms in total. The van der Waals surface area contributed by atoms with Crippen LogP contribution in [0.3, 0.4) is 0 Å². The molecule has 0 aliphatic carbocycles. The van der Waals surface area contributed by atoms with E-state index < -0.39 is 0 Å². The summed E-state index contributed by atoms with van der Waals surface area (Å²) < 4.78 is 0. The van der Waals surface area contributed by atoms with E-state index in [4.69, 9.17) is 11.6 Å². The fourth-order valence-electron chi connectivity index (χ4n) is 1.89. The molecule has 0 radical (unpaired) electrons. The van der Waals surface area contributed by atoms with Gasteiger partial charge in [-0.2, -0.15) is 0 Å². The molecule has 1 saturated heterocycles. The van der Waals surface area contributed by atoms with Gasteiger partial charge in [0.05, 0.1) is 17.1 Å². The standard InChI is InChI=1S/C12H15ClN4O2/c1-14-10-5-8(9(13)6-16-10)12(19)17-4-2-3-15-11(18)7-17/h5-6H,2-4,7H2,1H3,(H,14,16)(H,15,18). The molecule has 1 fully saturated rings. The third-order valence-electron chi connectivity index (χ3n) is 2.89. The first-order chi connectivity index (χ1) is 9.11. The van der Waals surface area contributed by atoms with E-state index in [9.17, 15) is 9.59 Å². The summed E-state index contributed by atoms with van der Waals surface area (Å²) in [6.45, 7) is 1.19. The monoisotopic (exact) mass is 282 g/mol. The number of carbonyl (C=O) groups excluding carboxylic acids is 2. The second kappa shape index (κ2) is 5.88. The summed E-state index contributed by atoms with van der Waals surface area (Å²) in [7, 11) is 1.71. The number of nitrogens with zero attached hydrogens (tertiary/aromatic N) is 2. The van der Waals surface area contributed by atoms with Crippen molar-refractivity contribution in [3.05, 3.63) is 22.8 Å². The van der Waals surface area contributed by atoms with E-state index in [1.165, 1.54) is 11.1 Å². The minimum absolute atomic E-state index is 0.0619. The van der Waals surface area contributed by atoms with Gasteiger partial charge in [0.1, 0.15) is 5.82 Å². The SMILES string of the molecule is CNc1cc(C(=O)N2CCCNC(=O)C2)c(Cl)cn1. The van der Waals surface area contributed by atoms with Gasteiger partial charge >= 0.3 is 0 Å². The highest BCUT2D eigenvalue weighted by molar-refractivity contribution is 6.33. The Morgan fingerprint density at radius 3 is 3.11 bits per heavy atom. The van der Waals surface area contributed by atoms with E-state index >= 15 is 0 Å². The molecule has 19 heavy (non-hydrogen) atoms. The molecule has 0 saturated carbocycles. The Balaban J connectivity index is 2.24. The Morgan fingerprint density at radius 2 is 2.37 bits per heavy atom. The number of carbonyl (C=O) groups is 2. The van der Waals surface area contributed by atoms with Crippen molar-refractivity contribution in [2.45, 2.75) is 6.42 Å². The molecule has 0 aromatic carbocycles. The molecule has 1 aliphatic rings. The predicted molar refractivity (Wildman–Crippen MR) is 72.3 cm³/mol. The lowest BCUT2D eigenvalue weighted by atomic mass is 10.2. The minimum Gasteiger partial charge on any atom is -0.373 e. The quantitative estimate of drug-likeness (QED) is 0.839. The van der Waals surface area contributed by atoms with Gasteiger partial charge in [-0.05, 0) is 12.5 Å². The third-order valence-corrected chi connectivity index (χ3v) is 3.19. The summed E-state index contributed by atoms with van der Waals surface area (Å²) >= 11 is 6.01. The van der Waals surface area contributed by atoms with Crippen molar-refractivity contribution >= 4 is 29.2 Å². The fourth-order valence-corrected chi connectivity index (χ4v) is 2.07. The van der Waals surface area contributed by atoms with Crippen molar-refractivity contribution in [1.82, 2.24) is 15.2 Å². The van der Waals surface area contributed by atoms with Crippen molar-refractivity contribution in [1.29, 1.82) is 0 Å². The molecule has 0 unspecified atom stereocenters. The van der Waals surface area contributed by atoms with Gasteiger partial charge in [-0.3, -0.25) is 9.59 Å². The van der Waals surface area contributed by atoms with Gasteiger partial charge in [-0.25, -0.2) is 4.98 Å². The van der Waals surface area contributed by atoms with Crippen LogP contribution >= 0.6 is 11.6 Å². The van der Waals surface area contributed by atoms with Crippen LogP contribution < -0.4 is 10.6 Å². The van der Waals surface area contributed by atoms with Gasteiger partial charge in [-0.1, -0.05) is 11.6 Å². The summed E-state index contributed by atoms with van der Waals surface area (Å²) in [5.74, 6) is 0.165. The first kappa shape index (κ1) is 13.6. The lowest BCUT2D eigenvalue weighted by Crippen LogP contribution is -2.37. The van der Waals surface area contributed by atoms with Crippen molar-refractivity contribution < 1.29 is 9.59 Å². The second-order valence-corrected chi connectivity index (χ2v) is 4.64. The zero-order valence-electron chi connectivity index (χ0n) is 10.6. The van der Waals surface area contributed by atoms with Crippen LogP contribution in [0.25, 0.3) is 0 Å². The Hall–Kier alpha value is -1.82. The molecular weight excluding hydrogens is 268 g/mol. The zero-order chi connectivity index (χ0) is 13.8. The summed E-state index contributed by atoms with van der Waals surface area (Å²) in [5, 5.41) is 5.87. The van der Waals surface area contributed by atoms with Gasteiger partial charge in [-0.15, -0.1) is 0 Å². The van der Waals surface area contributed by atoms with Crippen molar-refractivity contribution in [2.75, 3.05) is 32.0 Å². The molecule has 2 heterocycles. The Morgan fingerprint density at radius 1 is 1.58 bits per heavy atom. The normalized spacial score (nSPS) is 15.7. The third kappa shape index (κ3) is 3.14.